The highest BCUT2D eigenvalue weighted by Gasteiger charge is 2.29. The molecule has 1 N–H and O–H groups in total. The normalized spacial score (nSPS) is 14.9. The average molecular weight is 1340 g/mol. The van der Waals surface area contributed by atoms with Crippen molar-refractivity contribution in [2.24, 2.45) is 59.2 Å². The van der Waals surface area contributed by atoms with Crippen molar-refractivity contribution in [2.75, 3.05) is 0 Å². The van der Waals surface area contributed by atoms with Crippen LogP contribution < -0.4 is 0 Å². The van der Waals surface area contributed by atoms with Crippen LogP contribution in [0.15, 0.2) is 173 Å². The molecular formula is C95H162O2. The minimum Gasteiger partial charge on any atom is -0.393 e. The lowest BCUT2D eigenvalue weighted by molar-refractivity contribution is -0.115. The number of hydrogen-bond donors (Lipinski definition) is 1. The van der Waals surface area contributed by atoms with Gasteiger partial charge in [0, 0.05) is 6.42 Å². The summed E-state index contributed by atoms with van der Waals surface area (Å²) in [6.45, 7) is 73.6. The third kappa shape index (κ3) is 50.9. The summed E-state index contributed by atoms with van der Waals surface area (Å²) in [5.74, 6) is 5.58. The van der Waals surface area contributed by atoms with E-state index in [9.17, 15) is 9.90 Å². The van der Waals surface area contributed by atoms with Gasteiger partial charge >= 0.3 is 0 Å². The minimum atomic E-state index is -0.358. The molecule has 0 aromatic heterocycles. The number of unbranched alkanes of at least 4 members (excludes halogenated alkanes) is 19. The molecule has 0 radical (unpaired) electrons. The van der Waals surface area contributed by atoms with Crippen LogP contribution in [0.3, 0.4) is 0 Å². The van der Waals surface area contributed by atoms with Gasteiger partial charge in [-0.3, -0.25) is 4.79 Å². The van der Waals surface area contributed by atoms with E-state index < -0.39 is 0 Å². The van der Waals surface area contributed by atoms with Crippen LogP contribution in [0.4, 0.5) is 0 Å². The van der Waals surface area contributed by atoms with Crippen LogP contribution in [-0.4, -0.2) is 17.0 Å². The topological polar surface area (TPSA) is 37.3 Å². The summed E-state index contributed by atoms with van der Waals surface area (Å²) < 4.78 is 0. The van der Waals surface area contributed by atoms with E-state index in [-0.39, 0.29) is 17.8 Å². The van der Waals surface area contributed by atoms with Gasteiger partial charge in [-0.25, -0.2) is 0 Å². The van der Waals surface area contributed by atoms with Gasteiger partial charge in [0.1, 0.15) is 0 Å². The first-order valence-corrected chi connectivity index (χ1v) is 41.0. The van der Waals surface area contributed by atoms with Crippen molar-refractivity contribution in [2.45, 2.75) is 362 Å². The monoisotopic (exact) mass is 1340 g/mol. The molecule has 0 aliphatic heterocycles. The number of aliphatic hydroxyl groups excluding tert-OH is 1. The van der Waals surface area contributed by atoms with Crippen LogP contribution in [-0.2, 0) is 4.79 Å². The highest BCUT2D eigenvalue weighted by molar-refractivity contribution is 5.89. The third-order valence-electron chi connectivity index (χ3n) is 22.8. The summed E-state index contributed by atoms with van der Waals surface area (Å²) >= 11 is 0. The predicted molar refractivity (Wildman–Crippen MR) is 440 cm³/mol. The van der Waals surface area contributed by atoms with Crippen LogP contribution in [0.1, 0.15) is 356 Å². The van der Waals surface area contributed by atoms with Crippen LogP contribution in [0, 0.1) is 59.2 Å². The lowest BCUT2D eigenvalue weighted by Crippen LogP contribution is -2.27. The fraction of sp³-hybridized carbons (Fsp3) is 0.695. The molecule has 0 saturated heterocycles. The molecule has 11 atom stereocenters. The Morgan fingerprint density at radius 1 is 0.299 bits per heavy atom. The zero-order valence-corrected chi connectivity index (χ0v) is 65.7. The van der Waals surface area contributed by atoms with Crippen molar-refractivity contribution in [3.8, 4) is 0 Å². The number of carbonyl (C=O) groups excluding carboxylic acids is 1. The molecule has 97 heavy (non-hydrogen) atoms. The van der Waals surface area contributed by atoms with Gasteiger partial charge in [-0.1, -0.05) is 388 Å². The minimum absolute atomic E-state index is 0.154. The van der Waals surface area contributed by atoms with Gasteiger partial charge < -0.3 is 5.11 Å². The third-order valence-corrected chi connectivity index (χ3v) is 22.8. The summed E-state index contributed by atoms with van der Waals surface area (Å²) in [4.78, 5) is 12.6. The Bertz CT molecular complexity index is 2200. The van der Waals surface area contributed by atoms with E-state index in [0.717, 1.165) is 156 Å². The van der Waals surface area contributed by atoms with Crippen molar-refractivity contribution < 1.29 is 9.90 Å². The molecule has 0 saturated carbocycles. The van der Waals surface area contributed by atoms with E-state index in [4.69, 9.17) is 6.58 Å². The van der Waals surface area contributed by atoms with Gasteiger partial charge in [0.25, 0.3) is 0 Å². The Balaban J connectivity index is 5.59. The summed E-state index contributed by atoms with van der Waals surface area (Å²) in [7, 11) is 0. The number of rotatable bonds is 74. The van der Waals surface area contributed by atoms with E-state index in [1.807, 2.05) is 30.4 Å². The molecule has 2 nitrogen and oxygen atoms in total. The zero-order valence-electron chi connectivity index (χ0n) is 65.7. The van der Waals surface area contributed by atoms with E-state index in [1.54, 1.807) is 0 Å². The van der Waals surface area contributed by atoms with E-state index in [1.165, 1.54) is 215 Å². The summed E-state index contributed by atoms with van der Waals surface area (Å²) in [6, 6.07) is 0. The molecular weight excluding hydrogens is 1170 g/mol. The molecule has 0 rings (SSSR count). The molecule has 0 heterocycles. The molecule has 0 aliphatic carbocycles. The number of carbonyl (C=O) groups is 1. The molecule has 0 bridgehead atoms. The molecule has 0 aromatic carbocycles. The maximum Gasteiger partial charge on any atom is 0.155 e. The maximum atomic E-state index is 12.6. The summed E-state index contributed by atoms with van der Waals surface area (Å²) in [5, 5.41) is 11.9. The van der Waals surface area contributed by atoms with Crippen molar-refractivity contribution in [1.82, 2.24) is 0 Å². The predicted octanol–water partition coefficient (Wildman–Crippen LogP) is 30.9. The first-order chi connectivity index (χ1) is 46.6. The first-order valence-electron chi connectivity index (χ1n) is 41.0. The quantitative estimate of drug-likeness (QED) is 0.0285. The second-order valence-electron chi connectivity index (χ2n) is 31.7. The van der Waals surface area contributed by atoms with Gasteiger partial charge in [0.05, 0.1) is 6.10 Å². The fourth-order valence-corrected chi connectivity index (χ4v) is 15.7. The Hall–Kier alpha value is -4.01. The Morgan fingerprint density at radius 3 is 1.12 bits per heavy atom. The number of aliphatic hydroxyl groups is 1. The largest absolute Gasteiger partial charge is 0.393 e. The molecule has 0 amide bonds. The Labute approximate surface area is 606 Å². The number of allylic oxidation sites excluding steroid dienone is 14. The molecule has 554 valence electrons. The first kappa shape index (κ1) is 93.0. The fourth-order valence-electron chi connectivity index (χ4n) is 15.7. The SMILES string of the molecule is C=CC(=C)CC(CCCCC)CCCC(CCCCCCCC(=C)CCC(CCC(=C)CCCCCCCC(C)C(CCCCCCCC)CC(=C)C=C)CC(=C)CCCCCCCC(O)C(CC(=C)C=C)CC(C)C(CC(=C)C=C)CC(C)C(CC)CC(=C)C=C)CC(=O)C=C. The van der Waals surface area contributed by atoms with E-state index in [2.05, 4.69) is 127 Å². The Kier molecular flexibility index (Phi) is 59.3. The van der Waals surface area contributed by atoms with Crippen LogP contribution in [0.25, 0.3) is 0 Å². The highest BCUT2D eigenvalue weighted by Crippen LogP contribution is 2.39. The van der Waals surface area contributed by atoms with Crippen LogP contribution in [0.2, 0.25) is 0 Å². The molecule has 0 aromatic rings. The smallest absolute Gasteiger partial charge is 0.155 e. The lowest BCUT2D eigenvalue weighted by atomic mass is 9.72. The number of hydrogen-bond acceptors (Lipinski definition) is 2. The van der Waals surface area contributed by atoms with E-state index >= 15 is 0 Å². The van der Waals surface area contributed by atoms with Crippen molar-refractivity contribution in [3.63, 3.8) is 0 Å². The average Bonchev–Trinajstić information content (AvgIpc) is 1.12. The molecule has 2 heteroatoms. The standard InChI is InChI=1S/C95H162O2/c1-21-30-32-33-42-50-61-91(70-78(12)25-5)84(18)56-48-40-34-37-45-53-81(15)63-65-89(66-64-82(16)54-46-38-35-41-49-58-88(75-94(96)29-9)60-52-59-87(57-44-31-22-2)67-76(10)23-3)68-83(17)55-47-39-36-43-51-62-95(97)93(72-80(14)27-7)74-86(20)92(71-79(13)26-6)73-85(19)90(28-8)69-77(11)24-4/h23-27,29,84-93,95,97H,3-7,9-17,21-22,28,30-75H2,1-2,8,18-20H3. The van der Waals surface area contributed by atoms with Crippen molar-refractivity contribution >= 4 is 5.78 Å². The second kappa shape index (κ2) is 61.8. The van der Waals surface area contributed by atoms with Crippen LogP contribution >= 0.6 is 0 Å². The van der Waals surface area contributed by atoms with E-state index in [0.29, 0.717) is 47.8 Å². The van der Waals surface area contributed by atoms with Gasteiger partial charge in [-0.05, 0) is 194 Å². The maximum absolute atomic E-state index is 12.6. The molecule has 0 fully saturated rings. The molecule has 0 spiro atoms. The van der Waals surface area contributed by atoms with Gasteiger partial charge in [-0.15, -0.1) is 0 Å². The Morgan fingerprint density at radius 2 is 0.639 bits per heavy atom. The number of ketones is 1. The van der Waals surface area contributed by atoms with Crippen molar-refractivity contribution in [1.29, 1.82) is 0 Å². The van der Waals surface area contributed by atoms with Crippen molar-refractivity contribution in [3.05, 3.63) is 173 Å². The lowest BCUT2D eigenvalue weighted by Gasteiger charge is -2.34. The van der Waals surface area contributed by atoms with Gasteiger partial charge in [0.15, 0.2) is 5.78 Å². The molecule has 11 unspecified atom stereocenters. The van der Waals surface area contributed by atoms with Gasteiger partial charge in [-0.2, -0.15) is 0 Å². The summed E-state index contributed by atoms with van der Waals surface area (Å²) in [6.07, 6.45) is 68.7. The van der Waals surface area contributed by atoms with Gasteiger partial charge in [0.2, 0.25) is 0 Å². The van der Waals surface area contributed by atoms with Crippen LogP contribution in [0.5, 0.6) is 0 Å². The second-order valence-corrected chi connectivity index (χ2v) is 31.7. The molecule has 0 aliphatic rings. The highest BCUT2D eigenvalue weighted by atomic mass is 16.3. The summed E-state index contributed by atoms with van der Waals surface area (Å²) in [5.41, 5.74) is 9.89. The zero-order chi connectivity index (χ0) is 72.4.